The van der Waals surface area contributed by atoms with Crippen molar-refractivity contribution in [3.8, 4) is 5.75 Å². The molecule has 0 radical (unpaired) electrons. The molecule has 0 bridgehead atoms. The summed E-state index contributed by atoms with van der Waals surface area (Å²) in [6, 6.07) is 12.0. The third-order valence-corrected chi connectivity index (χ3v) is 4.09. The molecule has 2 N–H and O–H groups in total. The van der Waals surface area contributed by atoms with Crippen molar-refractivity contribution in [2.75, 3.05) is 13.2 Å². The maximum absolute atomic E-state index is 8.86. The molecule has 4 heteroatoms. The second kappa shape index (κ2) is 6.99. The van der Waals surface area contributed by atoms with Crippen molar-refractivity contribution in [1.29, 1.82) is 0 Å². The second-order valence-corrected chi connectivity index (χ2v) is 5.91. The van der Waals surface area contributed by atoms with Crippen LogP contribution in [0, 0.1) is 5.92 Å². The van der Waals surface area contributed by atoms with E-state index in [0.717, 1.165) is 28.8 Å². The van der Waals surface area contributed by atoms with Gasteiger partial charge in [-0.1, -0.05) is 25.1 Å². The van der Waals surface area contributed by atoms with Crippen molar-refractivity contribution in [3.63, 3.8) is 0 Å². The van der Waals surface area contributed by atoms with E-state index >= 15 is 0 Å². The molecule has 0 saturated heterocycles. The van der Waals surface area contributed by atoms with E-state index in [2.05, 4.69) is 24.4 Å². The van der Waals surface area contributed by atoms with Gasteiger partial charge in [-0.25, -0.2) is 0 Å². The quantitative estimate of drug-likeness (QED) is 0.787. The summed E-state index contributed by atoms with van der Waals surface area (Å²) in [4.78, 5) is 0. The Bertz CT molecular complexity index is 608. The van der Waals surface area contributed by atoms with Gasteiger partial charge >= 0.3 is 0 Å². The van der Waals surface area contributed by atoms with Gasteiger partial charge in [-0.05, 0) is 30.5 Å². The van der Waals surface area contributed by atoms with Crippen LogP contribution in [0.1, 0.15) is 36.3 Å². The molecule has 1 saturated carbocycles. The second-order valence-electron chi connectivity index (χ2n) is 5.91. The summed E-state index contributed by atoms with van der Waals surface area (Å²) in [6.07, 6.45) is 1.25. The van der Waals surface area contributed by atoms with Gasteiger partial charge in [-0.15, -0.1) is 0 Å². The van der Waals surface area contributed by atoms with Gasteiger partial charge in [0, 0.05) is 18.0 Å². The molecule has 2 unspecified atom stereocenters. The topological polar surface area (TPSA) is 54.6 Å². The van der Waals surface area contributed by atoms with Crippen LogP contribution in [0.15, 0.2) is 40.8 Å². The first-order valence-electron chi connectivity index (χ1n) is 7.89. The number of ether oxygens (including phenoxy) is 1. The van der Waals surface area contributed by atoms with Gasteiger partial charge in [0.25, 0.3) is 0 Å². The number of rotatable bonds is 8. The molecule has 1 aliphatic carbocycles. The number of nitrogens with one attached hydrogen (secondary N) is 1. The summed E-state index contributed by atoms with van der Waals surface area (Å²) in [6.45, 7) is 4.01. The van der Waals surface area contributed by atoms with E-state index in [1.165, 1.54) is 6.42 Å². The Balaban J connectivity index is 1.51. The van der Waals surface area contributed by atoms with Crippen LogP contribution in [0.4, 0.5) is 0 Å². The predicted octanol–water partition coefficient (Wildman–Crippen LogP) is 3.06. The molecule has 1 aromatic heterocycles. The molecule has 4 nitrogen and oxygen atoms in total. The number of hydrogen-bond acceptors (Lipinski definition) is 4. The lowest BCUT2D eigenvalue weighted by molar-refractivity contribution is 0.200. The fraction of sp³-hybridized carbons (Fsp3) is 0.444. The van der Waals surface area contributed by atoms with E-state index in [-0.39, 0.29) is 6.61 Å². The van der Waals surface area contributed by atoms with Crippen LogP contribution in [0.2, 0.25) is 0 Å². The zero-order chi connectivity index (χ0) is 15.4. The lowest BCUT2D eigenvalue weighted by atomic mass is 10.2. The van der Waals surface area contributed by atoms with Gasteiger partial charge in [0.15, 0.2) is 0 Å². The zero-order valence-corrected chi connectivity index (χ0v) is 12.9. The fourth-order valence-corrected chi connectivity index (χ4v) is 2.67. The van der Waals surface area contributed by atoms with Crippen molar-refractivity contribution in [2.24, 2.45) is 5.92 Å². The number of aliphatic hydroxyl groups excluding tert-OH is 1. The summed E-state index contributed by atoms with van der Waals surface area (Å²) in [5.41, 5.74) is 1.08. The minimum absolute atomic E-state index is 0.0243. The summed E-state index contributed by atoms with van der Waals surface area (Å²) >= 11 is 0. The SMILES string of the molecule is CC1CC1c1ccc(CNCc2ccccc2OCCO)o1. The van der Waals surface area contributed by atoms with Crippen LogP contribution < -0.4 is 10.1 Å². The minimum Gasteiger partial charge on any atom is -0.491 e. The van der Waals surface area contributed by atoms with Crippen LogP contribution in [0.5, 0.6) is 5.75 Å². The highest BCUT2D eigenvalue weighted by Crippen LogP contribution is 2.47. The summed E-state index contributed by atoms with van der Waals surface area (Å²) < 4.78 is 11.4. The molecule has 22 heavy (non-hydrogen) atoms. The van der Waals surface area contributed by atoms with Crippen LogP contribution in [0.3, 0.4) is 0 Å². The molecule has 2 atom stereocenters. The highest BCUT2D eigenvalue weighted by molar-refractivity contribution is 5.33. The molecule has 2 aromatic rings. The maximum Gasteiger partial charge on any atom is 0.123 e. The van der Waals surface area contributed by atoms with Crippen LogP contribution in [-0.4, -0.2) is 18.3 Å². The van der Waals surface area contributed by atoms with Crippen molar-refractivity contribution < 1.29 is 14.3 Å². The van der Waals surface area contributed by atoms with Gasteiger partial charge in [-0.3, -0.25) is 0 Å². The van der Waals surface area contributed by atoms with Crippen molar-refractivity contribution in [2.45, 2.75) is 32.4 Å². The van der Waals surface area contributed by atoms with Crippen LogP contribution >= 0.6 is 0 Å². The van der Waals surface area contributed by atoms with Crippen molar-refractivity contribution in [3.05, 3.63) is 53.5 Å². The average Bonchev–Trinajstić information content (AvgIpc) is 3.08. The van der Waals surface area contributed by atoms with E-state index < -0.39 is 0 Å². The van der Waals surface area contributed by atoms with Gasteiger partial charge < -0.3 is 19.6 Å². The molecular weight excluding hydrogens is 278 g/mol. The summed E-state index contributed by atoms with van der Waals surface area (Å²) in [7, 11) is 0. The fourth-order valence-electron chi connectivity index (χ4n) is 2.67. The Labute approximate surface area is 131 Å². The number of para-hydroxylation sites is 1. The smallest absolute Gasteiger partial charge is 0.123 e. The Morgan fingerprint density at radius 3 is 2.82 bits per heavy atom. The molecule has 3 rings (SSSR count). The first-order chi connectivity index (χ1) is 10.8. The van der Waals surface area contributed by atoms with Gasteiger partial charge in [-0.2, -0.15) is 0 Å². The molecule has 1 aliphatic rings. The highest BCUT2D eigenvalue weighted by atomic mass is 16.5. The molecule has 118 valence electrons. The molecule has 1 aromatic carbocycles. The van der Waals surface area contributed by atoms with E-state index in [1.54, 1.807) is 0 Å². The van der Waals surface area contributed by atoms with E-state index in [1.807, 2.05) is 24.3 Å². The third kappa shape index (κ3) is 3.70. The zero-order valence-electron chi connectivity index (χ0n) is 12.9. The lowest BCUT2D eigenvalue weighted by Crippen LogP contribution is -2.13. The van der Waals surface area contributed by atoms with Gasteiger partial charge in [0.2, 0.25) is 0 Å². The van der Waals surface area contributed by atoms with E-state index in [9.17, 15) is 0 Å². The first-order valence-corrected chi connectivity index (χ1v) is 7.89. The van der Waals surface area contributed by atoms with Crippen LogP contribution in [-0.2, 0) is 13.1 Å². The molecule has 1 fully saturated rings. The monoisotopic (exact) mass is 301 g/mol. The Morgan fingerprint density at radius 2 is 2.05 bits per heavy atom. The average molecular weight is 301 g/mol. The number of hydrogen-bond donors (Lipinski definition) is 2. The van der Waals surface area contributed by atoms with Crippen molar-refractivity contribution >= 4 is 0 Å². The standard InChI is InChI=1S/C18H23NO3/c1-13-10-16(13)18-7-6-15(22-18)12-19-11-14-4-2-3-5-17(14)21-9-8-20/h2-7,13,16,19-20H,8-12H2,1H3. The lowest BCUT2D eigenvalue weighted by Gasteiger charge is -2.10. The predicted molar refractivity (Wildman–Crippen MR) is 84.8 cm³/mol. The number of aliphatic hydroxyl groups is 1. The summed E-state index contributed by atoms with van der Waals surface area (Å²) in [5.74, 6) is 4.30. The van der Waals surface area contributed by atoms with Gasteiger partial charge in [0.1, 0.15) is 23.9 Å². The normalized spacial score (nSPS) is 20.1. The largest absolute Gasteiger partial charge is 0.491 e. The molecule has 0 aliphatic heterocycles. The minimum atomic E-state index is 0.0243. The molecular formula is C18H23NO3. The van der Waals surface area contributed by atoms with Gasteiger partial charge in [0.05, 0.1) is 13.2 Å². The Morgan fingerprint density at radius 1 is 1.23 bits per heavy atom. The Kier molecular flexibility index (Phi) is 4.80. The first kappa shape index (κ1) is 15.1. The molecule has 1 heterocycles. The molecule has 0 spiro atoms. The maximum atomic E-state index is 8.86. The van der Waals surface area contributed by atoms with Crippen LogP contribution in [0.25, 0.3) is 0 Å². The number of furan rings is 1. The van der Waals surface area contributed by atoms with E-state index in [4.69, 9.17) is 14.3 Å². The Hall–Kier alpha value is -1.78. The molecule has 0 amide bonds. The van der Waals surface area contributed by atoms with E-state index in [0.29, 0.717) is 25.6 Å². The third-order valence-electron chi connectivity index (χ3n) is 4.09. The number of benzene rings is 1. The van der Waals surface area contributed by atoms with Crippen molar-refractivity contribution in [1.82, 2.24) is 5.32 Å². The summed E-state index contributed by atoms with van der Waals surface area (Å²) in [5, 5.41) is 12.2. The highest BCUT2D eigenvalue weighted by Gasteiger charge is 2.36.